The quantitative estimate of drug-likeness (QED) is 0.484. The molecule has 2 rings (SSSR count). The Morgan fingerprint density at radius 1 is 1.33 bits per heavy atom. The van der Waals surface area contributed by atoms with E-state index < -0.39 is 4.92 Å². The van der Waals surface area contributed by atoms with Crippen molar-refractivity contribution in [1.29, 1.82) is 0 Å². The maximum Gasteiger partial charge on any atom is 0.270 e. The van der Waals surface area contributed by atoms with E-state index in [1.54, 1.807) is 18.4 Å². The van der Waals surface area contributed by atoms with Crippen molar-refractivity contribution in [2.45, 2.75) is 0 Å². The van der Waals surface area contributed by atoms with Crippen molar-refractivity contribution in [3.05, 3.63) is 50.3 Å². The second kappa shape index (κ2) is 4.01. The molecule has 0 spiro atoms. The van der Waals surface area contributed by atoms with Crippen LogP contribution in [-0.2, 0) is 0 Å². The summed E-state index contributed by atoms with van der Waals surface area (Å²) in [5.41, 5.74) is 0.959. The number of rotatable bonds is 2. The van der Waals surface area contributed by atoms with E-state index in [0.29, 0.717) is 5.76 Å². The standard InChI is InChI=1S/C10H6INO3/c11-9-6-7(12(13)14)3-4-8(9)10-2-1-5-15-10/h1-6H. The Kier molecular flexibility index (Phi) is 2.72. The summed E-state index contributed by atoms with van der Waals surface area (Å²) in [7, 11) is 0. The van der Waals surface area contributed by atoms with E-state index in [1.807, 2.05) is 6.07 Å². The topological polar surface area (TPSA) is 56.3 Å². The maximum absolute atomic E-state index is 10.5. The Hall–Kier alpha value is -1.37. The van der Waals surface area contributed by atoms with Gasteiger partial charge < -0.3 is 4.42 Å². The van der Waals surface area contributed by atoms with Crippen molar-refractivity contribution in [3.8, 4) is 11.3 Å². The summed E-state index contributed by atoms with van der Waals surface area (Å²) in [6.45, 7) is 0. The van der Waals surface area contributed by atoms with Crippen LogP contribution in [0, 0.1) is 13.7 Å². The van der Waals surface area contributed by atoms with Crippen LogP contribution in [0.4, 0.5) is 5.69 Å². The van der Waals surface area contributed by atoms with Gasteiger partial charge in [-0.15, -0.1) is 0 Å². The van der Waals surface area contributed by atoms with Crippen molar-refractivity contribution in [1.82, 2.24) is 0 Å². The first-order chi connectivity index (χ1) is 7.18. The molecule has 2 aromatic rings. The molecule has 0 fully saturated rings. The van der Waals surface area contributed by atoms with Crippen LogP contribution in [0.1, 0.15) is 0 Å². The largest absolute Gasteiger partial charge is 0.464 e. The van der Waals surface area contributed by atoms with Gasteiger partial charge in [0.2, 0.25) is 0 Å². The van der Waals surface area contributed by atoms with E-state index in [1.165, 1.54) is 12.1 Å². The fraction of sp³-hybridized carbons (Fsp3) is 0. The molecule has 0 saturated carbocycles. The summed E-state index contributed by atoms with van der Waals surface area (Å²) in [6, 6.07) is 8.30. The van der Waals surface area contributed by atoms with Gasteiger partial charge in [0.05, 0.1) is 11.2 Å². The molecule has 0 radical (unpaired) electrons. The lowest BCUT2D eigenvalue weighted by molar-refractivity contribution is -0.384. The van der Waals surface area contributed by atoms with E-state index >= 15 is 0 Å². The first-order valence-corrected chi connectivity index (χ1v) is 5.24. The maximum atomic E-state index is 10.5. The zero-order valence-electron chi connectivity index (χ0n) is 7.51. The lowest BCUT2D eigenvalue weighted by atomic mass is 10.1. The number of benzene rings is 1. The van der Waals surface area contributed by atoms with E-state index in [4.69, 9.17) is 4.42 Å². The van der Waals surface area contributed by atoms with Crippen molar-refractivity contribution < 1.29 is 9.34 Å². The molecule has 0 aliphatic heterocycles. The predicted octanol–water partition coefficient (Wildman–Crippen LogP) is 3.46. The fourth-order valence-electron chi connectivity index (χ4n) is 1.25. The van der Waals surface area contributed by atoms with Crippen LogP contribution in [0.5, 0.6) is 0 Å². The minimum Gasteiger partial charge on any atom is -0.464 e. The molecule has 0 unspecified atom stereocenters. The van der Waals surface area contributed by atoms with Crippen LogP contribution in [-0.4, -0.2) is 4.92 Å². The summed E-state index contributed by atoms with van der Waals surface area (Å²) in [5.74, 6) is 0.717. The van der Waals surface area contributed by atoms with Crippen LogP contribution in [0.15, 0.2) is 41.0 Å². The van der Waals surface area contributed by atoms with Gasteiger partial charge in [-0.05, 0) is 40.8 Å². The second-order valence-corrected chi connectivity index (χ2v) is 4.06. The van der Waals surface area contributed by atoms with Crippen LogP contribution < -0.4 is 0 Å². The molecule has 0 saturated heterocycles. The van der Waals surface area contributed by atoms with Crippen LogP contribution in [0.3, 0.4) is 0 Å². The van der Waals surface area contributed by atoms with E-state index in [9.17, 15) is 10.1 Å². The number of nitrogens with zero attached hydrogens (tertiary/aromatic N) is 1. The predicted molar refractivity (Wildman–Crippen MR) is 63.5 cm³/mol. The monoisotopic (exact) mass is 315 g/mol. The number of furan rings is 1. The van der Waals surface area contributed by atoms with Gasteiger partial charge in [-0.25, -0.2) is 0 Å². The van der Waals surface area contributed by atoms with Crippen molar-refractivity contribution in [2.75, 3.05) is 0 Å². The van der Waals surface area contributed by atoms with Gasteiger partial charge in [-0.1, -0.05) is 0 Å². The Balaban J connectivity index is 2.48. The van der Waals surface area contributed by atoms with Crippen LogP contribution in [0.25, 0.3) is 11.3 Å². The summed E-state index contributed by atoms with van der Waals surface area (Å²) in [4.78, 5) is 10.1. The third-order valence-corrected chi connectivity index (χ3v) is 2.84. The Morgan fingerprint density at radius 3 is 2.67 bits per heavy atom. The highest BCUT2D eigenvalue weighted by Crippen LogP contribution is 2.28. The van der Waals surface area contributed by atoms with Crippen LogP contribution in [0.2, 0.25) is 0 Å². The highest BCUT2D eigenvalue weighted by molar-refractivity contribution is 14.1. The number of non-ortho nitro benzene ring substituents is 1. The molecule has 1 heterocycles. The average Bonchev–Trinajstić information content (AvgIpc) is 2.70. The Morgan fingerprint density at radius 2 is 2.13 bits per heavy atom. The smallest absolute Gasteiger partial charge is 0.270 e. The van der Waals surface area contributed by atoms with Gasteiger partial charge in [-0.3, -0.25) is 10.1 Å². The van der Waals surface area contributed by atoms with Gasteiger partial charge in [0, 0.05) is 21.3 Å². The van der Waals surface area contributed by atoms with Gasteiger partial charge >= 0.3 is 0 Å². The summed E-state index contributed by atoms with van der Waals surface area (Å²) in [6.07, 6.45) is 1.58. The van der Waals surface area contributed by atoms with Crippen molar-refractivity contribution >= 4 is 28.3 Å². The zero-order chi connectivity index (χ0) is 10.8. The summed E-state index contributed by atoms with van der Waals surface area (Å²) < 4.78 is 6.03. The Bertz CT molecular complexity index is 493. The van der Waals surface area contributed by atoms with Crippen LogP contribution >= 0.6 is 22.6 Å². The number of hydrogen-bond donors (Lipinski definition) is 0. The molecule has 1 aromatic heterocycles. The molecule has 0 atom stereocenters. The molecule has 0 bridgehead atoms. The van der Waals surface area contributed by atoms with E-state index in [0.717, 1.165) is 9.13 Å². The van der Waals surface area contributed by atoms with Gasteiger partial charge in [0.15, 0.2) is 0 Å². The highest BCUT2D eigenvalue weighted by atomic mass is 127. The van der Waals surface area contributed by atoms with Crippen molar-refractivity contribution in [2.24, 2.45) is 0 Å². The Labute approximate surface area is 99.2 Å². The number of halogens is 1. The minimum atomic E-state index is -0.409. The molecule has 76 valence electrons. The lowest BCUT2D eigenvalue weighted by Crippen LogP contribution is -1.89. The summed E-state index contributed by atoms with van der Waals surface area (Å²) >= 11 is 2.06. The highest BCUT2D eigenvalue weighted by Gasteiger charge is 2.11. The molecule has 5 heteroatoms. The molecule has 1 aromatic carbocycles. The third kappa shape index (κ3) is 2.01. The second-order valence-electron chi connectivity index (χ2n) is 2.90. The molecule has 0 N–H and O–H groups in total. The first-order valence-electron chi connectivity index (χ1n) is 4.16. The zero-order valence-corrected chi connectivity index (χ0v) is 9.67. The van der Waals surface area contributed by atoms with Gasteiger partial charge in [0.1, 0.15) is 5.76 Å². The first kappa shape index (κ1) is 10.2. The molecule has 15 heavy (non-hydrogen) atoms. The molecule has 0 amide bonds. The SMILES string of the molecule is O=[N+]([O-])c1ccc(-c2ccco2)c(I)c1. The third-order valence-electron chi connectivity index (χ3n) is 1.95. The van der Waals surface area contributed by atoms with Crippen molar-refractivity contribution in [3.63, 3.8) is 0 Å². The molecular weight excluding hydrogens is 309 g/mol. The average molecular weight is 315 g/mol. The molecule has 4 nitrogen and oxygen atoms in total. The van der Waals surface area contributed by atoms with E-state index in [-0.39, 0.29) is 5.69 Å². The molecule has 0 aliphatic rings. The number of nitro groups is 1. The lowest BCUT2D eigenvalue weighted by Gasteiger charge is -2.00. The van der Waals surface area contributed by atoms with E-state index in [2.05, 4.69) is 22.6 Å². The molecule has 0 aliphatic carbocycles. The number of nitro benzene ring substituents is 1. The normalized spacial score (nSPS) is 10.2. The summed E-state index contributed by atoms with van der Waals surface area (Å²) in [5, 5.41) is 10.5. The van der Waals surface area contributed by atoms with Gasteiger partial charge in [-0.2, -0.15) is 0 Å². The van der Waals surface area contributed by atoms with Gasteiger partial charge in [0.25, 0.3) is 5.69 Å². The minimum absolute atomic E-state index is 0.0923. The molecular formula is C10H6INO3. The fourth-order valence-corrected chi connectivity index (χ4v) is 2.01. The number of hydrogen-bond acceptors (Lipinski definition) is 3.